The van der Waals surface area contributed by atoms with Crippen LogP contribution < -0.4 is 5.32 Å². The van der Waals surface area contributed by atoms with Crippen LogP contribution in [0, 0.1) is 0 Å². The Morgan fingerprint density at radius 2 is 2.31 bits per heavy atom. The number of nitrogens with zero attached hydrogens (tertiary/aromatic N) is 3. The highest BCUT2D eigenvalue weighted by Gasteiger charge is 2.28. The molecule has 1 unspecified atom stereocenters. The lowest BCUT2D eigenvalue weighted by atomic mass is 10.2. The standard InChI is InChI=1S/C11H18N4O/c1-2-9(1)14-10-3-5-15(7-10)6-4-11-12-8-13-16-11/h8-10,14H,1-7H2. The molecule has 1 aromatic heterocycles. The highest BCUT2D eigenvalue weighted by molar-refractivity contribution is 4.90. The molecular weight excluding hydrogens is 204 g/mol. The van der Waals surface area contributed by atoms with Crippen molar-refractivity contribution in [2.24, 2.45) is 0 Å². The largest absolute Gasteiger partial charge is 0.340 e. The molecule has 16 heavy (non-hydrogen) atoms. The van der Waals surface area contributed by atoms with Gasteiger partial charge >= 0.3 is 0 Å². The molecule has 1 saturated carbocycles. The zero-order valence-corrected chi connectivity index (χ0v) is 9.43. The molecule has 0 bridgehead atoms. The first kappa shape index (κ1) is 10.2. The predicted octanol–water partition coefficient (Wildman–Crippen LogP) is 0.438. The van der Waals surface area contributed by atoms with Gasteiger partial charge in [0.15, 0.2) is 6.33 Å². The summed E-state index contributed by atoms with van der Waals surface area (Å²) in [4.78, 5) is 6.51. The Hall–Kier alpha value is -0.940. The fraction of sp³-hybridized carbons (Fsp3) is 0.818. The summed E-state index contributed by atoms with van der Waals surface area (Å²) in [6.07, 6.45) is 6.37. The lowest BCUT2D eigenvalue weighted by molar-refractivity contribution is 0.304. The van der Waals surface area contributed by atoms with E-state index < -0.39 is 0 Å². The van der Waals surface area contributed by atoms with Crippen LogP contribution in [0.25, 0.3) is 0 Å². The highest BCUT2D eigenvalue weighted by atomic mass is 16.5. The van der Waals surface area contributed by atoms with Crippen LogP contribution in [-0.2, 0) is 6.42 Å². The molecule has 0 spiro atoms. The lowest BCUT2D eigenvalue weighted by Crippen LogP contribution is -2.34. The Morgan fingerprint density at radius 1 is 1.38 bits per heavy atom. The van der Waals surface area contributed by atoms with E-state index in [0.29, 0.717) is 6.04 Å². The average molecular weight is 222 g/mol. The SMILES string of the molecule is c1noc(CCN2CCC(NC3CC3)C2)n1. The molecule has 0 aromatic carbocycles. The summed E-state index contributed by atoms with van der Waals surface area (Å²) in [6, 6.07) is 1.52. The van der Waals surface area contributed by atoms with E-state index in [1.54, 1.807) is 0 Å². The van der Waals surface area contributed by atoms with E-state index in [2.05, 4.69) is 20.4 Å². The molecule has 2 fully saturated rings. The molecule has 2 heterocycles. The number of likely N-dealkylation sites (tertiary alicyclic amines) is 1. The highest BCUT2D eigenvalue weighted by Crippen LogP contribution is 2.21. The molecule has 2 aliphatic rings. The van der Waals surface area contributed by atoms with Gasteiger partial charge in [-0.2, -0.15) is 4.98 Å². The average Bonchev–Trinajstić information content (AvgIpc) is 2.81. The Bertz CT molecular complexity index is 323. The third-order valence-electron chi connectivity index (χ3n) is 3.37. The van der Waals surface area contributed by atoms with Crippen molar-refractivity contribution in [3.05, 3.63) is 12.2 Å². The molecule has 5 nitrogen and oxygen atoms in total. The Kier molecular flexibility index (Phi) is 2.88. The minimum atomic E-state index is 0.704. The Balaban J connectivity index is 1.39. The van der Waals surface area contributed by atoms with Crippen molar-refractivity contribution < 1.29 is 4.52 Å². The topological polar surface area (TPSA) is 54.2 Å². The molecule has 1 N–H and O–H groups in total. The summed E-state index contributed by atoms with van der Waals surface area (Å²) in [6.45, 7) is 3.40. The van der Waals surface area contributed by atoms with Gasteiger partial charge < -0.3 is 14.7 Å². The van der Waals surface area contributed by atoms with Crippen molar-refractivity contribution in [3.63, 3.8) is 0 Å². The zero-order valence-electron chi connectivity index (χ0n) is 9.43. The van der Waals surface area contributed by atoms with Crippen LogP contribution in [-0.4, -0.2) is 46.8 Å². The number of hydrogen-bond donors (Lipinski definition) is 1. The minimum absolute atomic E-state index is 0.704. The summed E-state index contributed by atoms with van der Waals surface area (Å²) in [5.41, 5.74) is 0. The van der Waals surface area contributed by atoms with E-state index in [1.165, 1.54) is 38.7 Å². The molecule has 1 atom stereocenters. The Morgan fingerprint density at radius 3 is 3.06 bits per heavy atom. The first-order valence-electron chi connectivity index (χ1n) is 6.14. The monoisotopic (exact) mass is 222 g/mol. The quantitative estimate of drug-likeness (QED) is 0.783. The number of nitrogens with one attached hydrogen (secondary N) is 1. The van der Waals surface area contributed by atoms with Gasteiger partial charge in [-0.1, -0.05) is 5.16 Å². The van der Waals surface area contributed by atoms with Crippen LogP contribution >= 0.6 is 0 Å². The van der Waals surface area contributed by atoms with Crippen molar-refractivity contribution >= 4 is 0 Å². The summed E-state index contributed by atoms with van der Waals surface area (Å²) in [5, 5.41) is 7.30. The van der Waals surface area contributed by atoms with Crippen molar-refractivity contribution in [1.82, 2.24) is 20.4 Å². The van der Waals surface area contributed by atoms with Crippen molar-refractivity contribution in [2.75, 3.05) is 19.6 Å². The molecule has 1 saturated heterocycles. The van der Waals surface area contributed by atoms with Gasteiger partial charge in [0.05, 0.1) is 0 Å². The molecule has 0 radical (unpaired) electrons. The molecule has 3 rings (SSSR count). The van der Waals surface area contributed by atoms with E-state index >= 15 is 0 Å². The molecule has 0 amide bonds. The maximum Gasteiger partial charge on any atom is 0.227 e. The fourth-order valence-electron chi connectivity index (χ4n) is 2.32. The maximum absolute atomic E-state index is 4.99. The van der Waals surface area contributed by atoms with Gasteiger partial charge in [-0.25, -0.2) is 0 Å². The van der Waals surface area contributed by atoms with Crippen LogP contribution in [0.3, 0.4) is 0 Å². The lowest BCUT2D eigenvalue weighted by Gasteiger charge is -2.15. The van der Waals surface area contributed by atoms with Crippen LogP contribution in [0.15, 0.2) is 10.9 Å². The minimum Gasteiger partial charge on any atom is -0.340 e. The van der Waals surface area contributed by atoms with Crippen LogP contribution in [0.1, 0.15) is 25.2 Å². The van der Waals surface area contributed by atoms with Crippen molar-refractivity contribution in [1.29, 1.82) is 0 Å². The summed E-state index contributed by atoms with van der Waals surface area (Å²) < 4.78 is 4.99. The van der Waals surface area contributed by atoms with E-state index in [-0.39, 0.29) is 0 Å². The van der Waals surface area contributed by atoms with Crippen molar-refractivity contribution in [3.8, 4) is 0 Å². The van der Waals surface area contributed by atoms with Gasteiger partial charge in [0.1, 0.15) is 0 Å². The number of rotatable bonds is 5. The molecule has 88 valence electrons. The van der Waals surface area contributed by atoms with Gasteiger partial charge in [-0.05, 0) is 25.8 Å². The third-order valence-corrected chi connectivity index (χ3v) is 3.37. The van der Waals surface area contributed by atoms with E-state index in [1.807, 2.05) is 0 Å². The first-order valence-corrected chi connectivity index (χ1v) is 6.14. The van der Waals surface area contributed by atoms with Crippen LogP contribution in [0.2, 0.25) is 0 Å². The second-order valence-electron chi connectivity index (χ2n) is 4.81. The molecule has 5 heteroatoms. The molecule has 1 aliphatic heterocycles. The normalized spacial score (nSPS) is 26.4. The number of hydrogen-bond acceptors (Lipinski definition) is 5. The summed E-state index contributed by atoms with van der Waals surface area (Å²) in [7, 11) is 0. The second kappa shape index (κ2) is 4.51. The van der Waals surface area contributed by atoms with E-state index in [0.717, 1.165) is 24.9 Å². The summed E-state index contributed by atoms with van der Waals surface area (Å²) >= 11 is 0. The van der Waals surface area contributed by atoms with Crippen molar-refractivity contribution in [2.45, 2.75) is 37.8 Å². The first-order chi connectivity index (χ1) is 7.90. The van der Waals surface area contributed by atoms with E-state index in [4.69, 9.17) is 4.52 Å². The zero-order chi connectivity index (χ0) is 10.8. The fourth-order valence-corrected chi connectivity index (χ4v) is 2.32. The predicted molar refractivity (Wildman–Crippen MR) is 59.0 cm³/mol. The molecule has 1 aromatic rings. The smallest absolute Gasteiger partial charge is 0.227 e. The van der Waals surface area contributed by atoms with Gasteiger partial charge in [-0.3, -0.25) is 0 Å². The third kappa shape index (κ3) is 2.59. The van der Waals surface area contributed by atoms with Crippen LogP contribution in [0.5, 0.6) is 0 Å². The van der Waals surface area contributed by atoms with Gasteiger partial charge in [-0.15, -0.1) is 0 Å². The Labute approximate surface area is 95.2 Å². The molecular formula is C11H18N4O. The van der Waals surface area contributed by atoms with E-state index in [9.17, 15) is 0 Å². The second-order valence-corrected chi connectivity index (χ2v) is 4.81. The summed E-state index contributed by atoms with van der Waals surface area (Å²) in [5.74, 6) is 0.749. The van der Waals surface area contributed by atoms with Gasteiger partial charge in [0.25, 0.3) is 0 Å². The van der Waals surface area contributed by atoms with Gasteiger partial charge in [0.2, 0.25) is 5.89 Å². The van der Waals surface area contributed by atoms with Crippen LogP contribution in [0.4, 0.5) is 0 Å². The maximum atomic E-state index is 4.99. The number of aromatic nitrogens is 2. The molecule has 1 aliphatic carbocycles. The van der Waals surface area contributed by atoms with Gasteiger partial charge in [0, 0.05) is 31.6 Å².